The number of nitrogens with one attached hydrogen (secondary N) is 1. The fraction of sp³-hybridized carbons (Fsp3) is 0.400. The van der Waals surface area contributed by atoms with Crippen LogP contribution in [0.1, 0.15) is 89.3 Å². The van der Waals surface area contributed by atoms with E-state index >= 15 is 0 Å². The number of unbranched alkanes of at least 4 members (excludes halogenated alkanes) is 2. The number of nitro benzene ring substituents is 1. The fourth-order valence-corrected chi connectivity index (χ4v) is 10.0. The Kier molecular flexibility index (Phi) is 12.9. The second-order valence-corrected chi connectivity index (χ2v) is 19.7. The highest BCUT2D eigenvalue weighted by Gasteiger charge is 2.44. The van der Waals surface area contributed by atoms with Crippen LogP contribution < -0.4 is 10.2 Å². The first-order valence-electron chi connectivity index (χ1n) is 20.1. The second kappa shape index (κ2) is 17.4. The summed E-state index contributed by atoms with van der Waals surface area (Å²) in [6.07, 6.45) is 12.6. The molecule has 0 fully saturated rings. The van der Waals surface area contributed by atoms with E-state index in [9.17, 15) is 36.1 Å². The maximum atomic E-state index is 12.3. The van der Waals surface area contributed by atoms with Crippen LogP contribution in [0, 0.1) is 10.1 Å². The van der Waals surface area contributed by atoms with Crippen molar-refractivity contribution in [2.75, 3.05) is 41.9 Å². The van der Waals surface area contributed by atoms with E-state index in [1.807, 2.05) is 30.3 Å². The number of nitro groups is 1. The summed E-state index contributed by atoms with van der Waals surface area (Å²) in [6, 6.07) is 21.7. The van der Waals surface area contributed by atoms with Crippen molar-refractivity contribution in [3.63, 3.8) is 0 Å². The van der Waals surface area contributed by atoms with Crippen molar-refractivity contribution in [1.29, 1.82) is 0 Å². The molecular weight excluding hydrogens is 789 g/mol. The van der Waals surface area contributed by atoms with E-state index in [4.69, 9.17) is 0 Å². The Morgan fingerprint density at radius 3 is 2.17 bits per heavy atom. The van der Waals surface area contributed by atoms with E-state index in [-0.39, 0.29) is 32.9 Å². The van der Waals surface area contributed by atoms with E-state index in [2.05, 4.69) is 91.1 Å². The molecule has 0 saturated carbocycles. The number of anilines is 2. The van der Waals surface area contributed by atoms with Crippen LogP contribution in [-0.4, -0.2) is 72.8 Å². The SMILES string of the molecule is CNc1ccc(C2=C(/C=C/C3=[N+](CCCCS(=O)(=O)O)c4ccccc4C3(C)C)CCC/C2=C\C=C2\N(CCCCS(=O)(=O)O)c3ccccc3C2(C)C)cc1[N+](=O)[O-]. The highest BCUT2D eigenvalue weighted by atomic mass is 32.2. The third kappa shape index (κ3) is 9.62. The molecule has 59 heavy (non-hydrogen) atoms. The maximum Gasteiger partial charge on any atom is 0.292 e. The molecule has 3 aliphatic rings. The lowest BCUT2D eigenvalue weighted by molar-refractivity contribution is -0.438. The lowest BCUT2D eigenvalue weighted by Crippen LogP contribution is -2.28. The number of para-hydroxylation sites is 2. The van der Waals surface area contributed by atoms with E-state index in [0.29, 0.717) is 44.5 Å². The number of benzene rings is 3. The minimum atomic E-state index is -4.07. The maximum absolute atomic E-state index is 12.3. The molecule has 12 nitrogen and oxygen atoms in total. The van der Waals surface area contributed by atoms with Crippen molar-refractivity contribution >= 4 is 54.3 Å². The van der Waals surface area contributed by atoms with Crippen LogP contribution in [0.15, 0.2) is 108 Å². The van der Waals surface area contributed by atoms with Gasteiger partial charge in [-0.2, -0.15) is 21.4 Å². The number of hydrogen-bond donors (Lipinski definition) is 3. The molecule has 6 rings (SSSR count). The molecule has 0 unspecified atom stereocenters. The largest absolute Gasteiger partial charge is 0.383 e. The Labute approximate surface area is 348 Å². The molecular formula is C45H55N4O8S2+. The van der Waals surface area contributed by atoms with E-state index in [1.165, 1.54) is 0 Å². The molecule has 0 atom stereocenters. The minimum absolute atomic E-state index is 0.0228. The molecule has 3 aromatic rings. The highest BCUT2D eigenvalue weighted by molar-refractivity contribution is 7.86. The van der Waals surface area contributed by atoms with Crippen molar-refractivity contribution in [2.45, 2.75) is 83.5 Å². The summed E-state index contributed by atoms with van der Waals surface area (Å²) in [6.45, 7) is 9.81. The number of hydrogen-bond acceptors (Lipinski definition) is 8. The molecule has 3 aromatic carbocycles. The van der Waals surface area contributed by atoms with Gasteiger partial charge in [0.2, 0.25) is 5.69 Å². The first kappa shape index (κ1) is 43.7. The van der Waals surface area contributed by atoms with Gasteiger partial charge in [-0.15, -0.1) is 0 Å². The summed E-state index contributed by atoms with van der Waals surface area (Å²) in [5.41, 5.74) is 9.86. The van der Waals surface area contributed by atoms with Crippen LogP contribution in [-0.2, 0) is 31.1 Å². The van der Waals surface area contributed by atoms with Gasteiger partial charge in [-0.3, -0.25) is 19.2 Å². The Balaban J connectivity index is 1.47. The standard InChI is InChI=1S/C45H54N4O8S2/c1-44(2)35-17-6-8-19-38(35)47(27-10-12-29-58(52,53)54)41(44)25-22-32-15-14-16-33(43(32)34-21-24-37(46-5)40(31-34)49(50)51)23-26-42-45(3,4)36-18-7-9-20-39(36)48(42)28-11-13-30-59(55,56)57/h6-9,17-26,31H,10-16,27-30H2,1-5H3,(H2,52,53,54,55,56,57)/p+1/b32-22+,41-25+. The molecule has 314 valence electrons. The van der Waals surface area contributed by atoms with Gasteiger partial charge in [-0.1, -0.05) is 68.5 Å². The van der Waals surface area contributed by atoms with Crippen LogP contribution in [0.5, 0.6) is 0 Å². The molecule has 2 aliphatic heterocycles. The third-order valence-electron chi connectivity index (χ3n) is 11.8. The quantitative estimate of drug-likeness (QED) is 0.0416. The number of fused-ring (bicyclic) bond motifs is 2. The summed E-state index contributed by atoms with van der Waals surface area (Å²) in [7, 11) is -6.47. The van der Waals surface area contributed by atoms with Gasteiger partial charge < -0.3 is 10.2 Å². The Hall–Kier alpha value is -4.89. The zero-order valence-corrected chi connectivity index (χ0v) is 36.1. The van der Waals surface area contributed by atoms with Gasteiger partial charge in [0.05, 0.1) is 21.8 Å². The molecule has 0 aromatic heterocycles. The predicted molar refractivity (Wildman–Crippen MR) is 236 cm³/mol. The summed E-state index contributed by atoms with van der Waals surface area (Å²) in [4.78, 5) is 14.2. The summed E-state index contributed by atoms with van der Waals surface area (Å²) in [5, 5.41) is 15.3. The molecule has 0 bridgehead atoms. The second-order valence-electron chi connectivity index (χ2n) is 16.5. The molecule has 2 heterocycles. The molecule has 0 amide bonds. The Bertz CT molecular complexity index is 2510. The van der Waals surface area contributed by atoms with Gasteiger partial charge >= 0.3 is 0 Å². The molecule has 3 N–H and O–H groups in total. The lowest BCUT2D eigenvalue weighted by atomic mass is 9.79. The molecule has 1 aliphatic carbocycles. The number of rotatable bonds is 16. The summed E-state index contributed by atoms with van der Waals surface area (Å²) >= 11 is 0. The lowest BCUT2D eigenvalue weighted by Gasteiger charge is -2.28. The molecule has 0 saturated heterocycles. The van der Waals surface area contributed by atoms with Gasteiger partial charge in [0, 0.05) is 60.6 Å². The normalized spacial score (nSPS) is 18.9. The zero-order valence-electron chi connectivity index (χ0n) is 34.4. The summed E-state index contributed by atoms with van der Waals surface area (Å²) < 4.78 is 66.9. The Morgan fingerprint density at radius 1 is 0.831 bits per heavy atom. The summed E-state index contributed by atoms with van der Waals surface area (Å²) in [5.74, 6) is -0.599. The van der Waals surface area contributed by atoms with Gasteiger partial charge in [0.25, 0.3) is 25.9 Å². The third-order valence-corrected chi connectivity index (χ3v) is 13.4. The van der Waals surface area contributed by atoms with Crippen molar-refractivity contribution < 1.29 is 35.4 Å². The zero-order chi connectivity index (χ0) is 42.8. The minimum Gasteiger partial charge on any atom is -0.383 e. The van der Waals surface area contributed by atoms with Gasteiger partial charge in [0.15, 0.2) is 5.71 Å². The van der Waals surface area contributed by atoms with Crippen LogP contribution >= 0.6 is 0 Å². The van der Waals surface area contributed by atoms with Crippen LogP contribution in [0.25, 0.3) is 5.57 Å². The highest BCUT2D eigenvalue weighted by Crippen LogP contribution is 2.48. The molecule has 14 heteroatoms. The molecule has 0 radical (unpaired) electrons. The van der Waals surface area contributed by atoms with E-state index in [1.54, 1.807) is 19.2 Å². The van der Waals surface area contributed by atoms with Gasteiger partial charge in [0.1, 0.15) is 12.2 Å². The average molecular weight is 844 g/mol. The first-order chi connectivity index (χ1) is 27.8. The van der Waals surface area contributed by atoms with Crippen molar-refractivity contribution in [3.8, 4) is 0 Å². The predicted octanol–water partition coefficient (Wildman–Crippen LogP) is 9.15. The van der Waals surface area contributed by atoms with Crippen molar-refractivity contribution in [3.05, 3.63) is 135 Å². The van der Waals surface area contributed by atoms with Crippen molar-refractivity contribution in [1.82, 2.24) is 0 Å². The van der Waals surface area contributed by atoms with Gasteiger partial charge in [-0.25, -0.2) is 0 Å². The fourth-order valence-electron chi connectivity index (χ4n) is 8.91. The monoisotopic (exact) mass is 843 g/mol. The number of nitrogens with zero attached hydrogens (tertiary/aromatic N) is 3. The van der Waals surface area contributed by atoms with Crippen LogP contribution in [0.2, 0.25) is 0 Å². The van der Waals surface area contributed by atoms with E-state index < -0.39 is 20.2 Å². The topological polar surface area (TPSA) is 170 Å². The first-order valence-corrected chi connectivity index (χ1v) is 23.4. The van der Waals surface area contributed by atoms with Crippen molar-refractivity contribution in [2.24, 2.45) is 0 Å². The Morgan fingerprint density at radius 2 is 1.49 bits per heavy atom. The average Bonchev–Trinajstić information content (AvgIpc) is 3.53. The smallest absolute Gasteiger partial charge is 0.292 e. The molecule has 0 spiro atoms. The van der Waals surface area contributed by atoms with Crippen LogP contribution in [0.3, 0.4) is 0 Å². The number of allylic oxidation sites excluding steroid dienone is 8. The van der Waals surface area contributed by atoms with Crippen LogP contribution in [0.4, 0.5) is 22.7 Å². The van der Waals surface area contributed by atoms with E-state index in [0.717, 1.165) is 75.5 Å². The van der Waals surface area contributed by atoms with Gasteiger partial charge in [-0.05, 0) is 98.4 Å².